The maximum absolute atomic E-state index is 12.1. The second kappa shape index (κ2) is 49.3. The van der Waals surface area contributed by atoms with E-state index >= 15 is 0 Å². The number of piperidine rings is 6. The summed E-state index contributed by atoms with van der Waals surface area (Å²) in [7, 11) is 3.88. The van der Waals surface area contributed by atoms with Crippen LogP contribution in [0.4, 0.5) is 24.0 Å². The predicted molar refractivity (Wildman–Crippen MR) is 471 cm³/mol. The zero-order valence-electron chi connectivity index (χ0n) is 78.0. The molecule has 6 saturated heterocycles. The molecule has 36 heteroatoms. The third-order valence-electron chi connectivity index (χ3n) is 24.1. The SMILES string of the molecule is CC(C)(C)OC(=O)N1CC2CCC(C1)C2=O.CC(C)(C)OC(=O)N1C[C@H]2CC[C@@H](C1)C2/C=C/[N+](=O)[O-].CC(C)(C)OC(=O)N1C[C@H]2CC[C@@H](C1)C2C(O)C[N+](=O)[O-].CC(C)(C)OC(=O)N1C[C@H]2CC[C@@H](C1)C2C=O.CCN(CC)CC.COC=C1C2CCC1CN(C(=O)OC(C)(C)C)C2.CS(=O)(=O)Cl.C[N+](=O)[O-].O=C1C2CCC1CN(Cc1ccccc1)C2.[Cl-]. The number of fused-ring (bicyclic) bond motifs is 12. The van der Waals surface area contributed by atoms with Gasteiger partial charge in [0.1, 0.15) is 52.0 Å². The number of carbonyl (C=O) groups excluding carboxylic acids is 8. The van der Waals surface area contributed by atoms with Crippen molar-refractivity contribution in [2.75, 3.05) is 125 Å². The first-order valence-electron chi connectivity index (χ1n) is 44.2. The molecular weight excluding hydrogens is 1680 g/mol. The van der Waals surface area contributed by atoms with Gasteiger partial charge >= 0.3 is 30.5 Å². The quantitative estimate of drug-likeness (QED) is 0.0507. The van der Waals surface area contributed by atoms with Crippen LogP contribution in [0.3, 0.4) is 0 Å². The number of benzene rings is 1. The highest BCUT2D eigenvalue weighted by atomic mass is 35.7. The number of halogens is 2. The Balaban J connectivity index is 0.000000304. The van der Waals surface area contributed by atoms with E-state index < -0.39 is 64.5 Å². The third-order valence-corrected chi connectivity index (χ3v) is 24.1. The first-order valence-corrected chi connectivity index (χ1v) is 47.0. The van der Waals surface area contributed by atoms with Crippen molar-refractivity contribution in [3.63, 3.8) is 0 Å². The molecule has 6 saturated carbocycles. The van der Waals surface area contributed by atoms with Crippen molar-refractivity contribution in [3.8, 4) is 0 Å². The van der Waals surface area contributed by atoms with Gasteiger partial charge in [-0.05, 0) is 259 Å². The van der Waals surface area contributed by atoms with Crippen LogP contribution in [0.15, 0.2) is 54.4 Å². The molecule has 33 nitrogen and oxygen atoms in total. The molecule has 6 heterocycles. The zero-order valence-corrected chi connectivity index (χ0v) is 80.3. The van der Waals surface area contributed by atoms with E-state index in [2.05, 4.69) is 65.5 Å². The number of nitro groups is 3. The highest BCUT2D eigenvalue weighted by Gasteiger charge is 2.50. The van der Waals surface area contributed by atoms with Gasteiger partial charge in [-0.25, -0.2) is 32.4 Å². The average molecular weight is 1830 g/mol. The van der Waals surface area contributed by atoms with Crippen LogP contribution >= 0.6 is 10.7 Å². The molecule has 0 radical (unpaired) electrons. The molecule has 12 fully saturated rings. The summed E-state index contributed by atoms with van der Waals surface area (Å²) in [5, 5.41) is 39.9. The lowest BCUT2D eigenvalue weighted by Crippen LogP contribution is -3.00. The Morgan fingerprint density at radius 2 is 0.784 bits per heavy atom. The van der Waals surface area contributed by atoms with Gasteiger partial charge in [-0.1, -0.05) is 51.1 Å². The maximum Gasteiger partial charge on any atom is 0.410 e. The molecule has 10 unspecified atom stereocenters. The van der Waals surface area contributed by atoms with Gasteiger partial charge in [0.05, 0.1) is 24.6 Å². The standard InChI is InChI=1S/C14H24N2O5.C14H22N2O4.C14H23NO3.C14H17NO.C13H21NO3.C12H19NO3.C6H15N.CH3ClO2S.CH3NO2.ClH/c1-14(2,3)21-13(18)15-6-9-4-5-10(7-15)12(9)11(17)8-16(19)20;1-14(2,3)20-13(17)15-8-10-4-5-11(9-15)12(10)6-7-16(18)19;1-14(2,3)18-13(16)15-7-10-5-6-11(8-15)12(10)9-17-4;16-14-12-6-7-13(14)10-15(9-12)8-11-4-2-1-3-5-11;1-13(2,3)17-12(16)14-6-9-4-5-10(7-14)11(9)8-15;1-12(2,3)16-11(15)13-6-8-4-5-9(7-13)10(8)14;1-4-7(5-2)6-3;1-5(2,3)4;1-2(3)4;/h9-12,17H,4-8H2,1-3H3;6-7,10-12H,4-5,8-9H2,1-3H3;9-11H,5-8H2,1-4H3;1-5,12-13H,6-10H2;8-11H,4-7H2,1-3H3;8-9H,4-7H2,1-3H3;4-6H2,1-3H3;1H3;1H3;1H/p-1/b;7-6+;;;;;;;;/t9-,10+,11?,12?;10-,11+,12?;;;9-,10+,11?;;;;;. The second-order valence-electron chi connectivity index (χ2n) is 39.8. The Morgan fingerprint density at radius 3 is 1.06 bits per heavy atom. The highest BCUT2D eigenvalue weighted by Crippen LogP contribution is 2.47. The fourth-order valence-corrected chi connectivity index (χ4v) is 18.9. The number of rotatable bonds is 12. The van der Waals surface area contributed by atoms with Gasteiger partial charge in [0.25, 0.3) is 0 Å². The normalized spacial score (nSPS) is 26.9. The zero-order chi connectivity index (χ0) is 93.3. The third kappa shape index (κ3) is 38.4. The summed E-state index contributed by atoms with van der Waals surface area (Å²) in [6.07, 6.45) is 16.8. The van der Waals surface area contributed by atoms with Crippen molar-refractivity contribution < 1.29 is 107 Å². The number of carbonyl (C=O) groups is 8. The van der Waals surface area contributed by atoms with Crippen LogP contribution in [-0.2, 0) is 58.4 Å². The Hall–Kier alpha value is -7.53. The number of hydrogen-bond donors (Lipinski definition) is 1. The highest BCUT2D eigenvalue weighted by molar-refractivity contribution is 8.13. The monoisotopic (exact) mass is 1830 g/mol. The van der Waals surface area contributed by atoms with Gasteiger partial charge in [0.2, 0.25) is 21.8 Å². The smallest absolute Gasteiger partial charge is 0.410 e. The summed E-state index contributed by atoms with van der Waals surface area (Å²) in [5.41, 5.74) is 0.387. The molecule has 12 aliphatic rings. The lowest BCUT2D eigenvalue weighted by molar-refractivity contribution is -0.493. The largest absolute Gasteiger partial charge is 1.00 e. The van der Waals surface area contributed by atoms with E-state index in [0.717, 1.165) is 136 Å². The van der Waals surface area contributed by atoms with E-state index in [0.29, 0.717) is 111 Å². The van der Waals surface area contributed by atoms with Gasteiger partial charge in [0, 0.05) is 153 Å². The van der Waals surface area contributed by atoms with Gasteiger partial charge in [-0.2, -0.15) is 0 Å². The Bertz CT molecular complexity index is 3750. The fraction of sp³-hybridized carbons (Fsp3) is 0.798. The minimum absolute atomic E-state index is 0. The molecular formula is C89H147Cl2N10O23S-. The van der Waals surface area contributed by atoms with Crippen LogP contribution < -0.4 is 12.4 Å². The van der Waals surface area contributed by atoms with Crippen molar-refractivity contribution in [2.24, 2.45) is 88.8 Å². The first-order chi connectivity index (χ1) is 57.5. The average Bonchev–Trinajstić information content (AvgIpc) is 1.66. The number of likely N-dealkylation sites (tertiary alicyclic amines) is 6. The molecule has 125 heavy (non-hydrogen) atoms. The van der Waals surface area contributed by atoms with Crippen molar-refractivity contribution in [1.82, 2.24) is 34.3 Å². The summed E-state index contributed by atoms with van der Waals surface area (Å²) < 4.78 is 50.8. The van der Waals surface area contributed by atoms with Crippen molar-refractivity contribution >= 4 is 68.1 Å². The Labute approximate surface area is 752 Å². The number of aliphatic hydroxyl groups is 1. The predicted octanol–water partition coefficient (Wildman–Crippen LogP) is 11.4. The molecule has 0 aromatic heterocycles. The molecule has 712 valence electrons. The summed E-state index contributed by atoms with van der Waals surface area (Å²) in [4.78, 5) is 136. The van der Waals surface area contributed by atoms with E-state index in [1.54, 1.807) is 32.8 Å². The van der Waals surface area contributed by atoms with E-state index in [1.807, 2.05) is 121 Å². The van der Waals surface area contributed by atoms with Crippen LogP contribution in [0.1, 0.15) is 207 Å². The van der Waals surface area contributed by atoms with Gasteiger partial charge in [-0.3, -0.25) is 44.8 Å². The lowest BCUT2D eigenvalue weighted by atomic mass is 9.81. The number of aldehydes is 1. The number of aliphatic hydroxyl groups excluding tert-OH is 1. The lowest BCUT2D eigenvalue weighted by Gasteiger charge is -2.39. The molecule has 13 rings (SSSR count). The van der Waals surface area contributed by atoms with Crippen molar-refractivity contribution in [1.29, 1.82) is 0 Å². The van der Waals surface area contributed by atoms with Gasteiger partial charge in [0.15, 0.2) is 7.05 Å². The first kappa shape index (κ1) is 110. The maximum atomic E-state index is 12.1. The number of allylic oxidation sites excluding steroid dienone is 1. The van der Waals surface area contributed by atoms with E-state index in [9.17, 15) is 72.1 Å². The Morgan fingerprint density at radius 1 is 0.504 bits per heavy atom. The van der Waals surface area contributed by atoms with Crippen molar-refractivity contribution in [3.05, 3.63) is 90.3 Å². The topological polar surface area (TPSA) is 398 Å². The number of nitrogens with zero attached hydrogens (tertiary/aromatic N) is 10. The summed E-state index contributed by atoms with van der Waals surface area (Å²) in [6.45, 7) is 46.9. The van der Waals surface area contributed by atoms with Crippen LogP contribution in [0.25, 0.3) is 0 Å². The molecule has 1 aromatic carbocycles. The number of methoxy groups -OCH3 is 1. The number of amides is 5. The summed E-state index contributed by atoms with van der Waals surface area (Å²) in [5.74, 6) is 4.48. The number of Topliss-reactive ketones (excluding diaryl/α,β-unsaturated/α-hetero) is 2. The number of hydrogen-bond acceptors (Lipinski definition) is 25. The molecule has 16 atom stereocenters. The van der Waals surface area contributed by atoms with Crippen LogP contribution in [0.5, 0.6) is 0 Å². The molecule has 1 aromatic rings. The molecule has 0 spiro atoms. The van der Waals surface area contributed by atoms with Crippen LogP contribution in [0.2, 0.25) is 0 Å². The van der Waals surface area contributed by atoms with E-state index in [4.69, 9.17) is 38.5 Å². The molecule has 1 N–H and O–H groups in total. The molecule has 6 aliphatic heterocycles. The molecule has 6 aliphatic carbocycles. The summed E-state index contributed by atoms with van der Waals surface area (Å²) >= 11 is 0. The molecule has 5 amide bonds. The fourth-order valence-electron chi connectivity index (χ4n) is 18.9. The molecule has 12 bridgehead atoms. The van der Waals surface area contributed by atoms with E-state index in [1.165, 1.54) is 30.8 Å². The minimum atomic E-state index is -3.19. The minimum Gasteiger partial charge on any atom is -1.00 e. The van der Waals surface area contributed by atoms with Gasteiger partial charge in [-0.15, -0.1) is 0 Å². The number of ketones is 2. The number of ether oxygens (including phenoxy) is 6. The van der Waals surface area contributed by atoms with Crippen LogP contribution in [-0.4, -0.2) is 270 Å². The van der Waals surface area contributed by atoms with E-state index in [-0.39, 0.29) is 84.3 Å². The van der Waals surface area contributed by atoms with Crippen molar-refractivity contribution in [2.45, 2.75) is 242 Å². The van der Waals surface area contributed by atoms with Crippen LogP contribution in [0, 0.1) is 119 Å². The second-order valence-corrected chi connectivity index (χ2v) is 42.8. The Kier molecular flexibility index (Phi) is 43.3. The summed E-state index contributed by atoms with van der Waals surface area (Å²) in [6, 6.07) is 10.5. The van der Waals surface area contributed by atoms with Gasteiger partial charge < -0.3 is 80.1 Å².